The fraction of sp³-hybridized carbons (Fsp3) is 0.105. The number of nitrogens with zero attached hydrogens (tertiary/aromatic N) is 2. The van der Waals surface area contributed by atoms with Gasteiger partial charge in [-0.05, 0) is 48.2 Å². The number of hydrogen-bond acceptors (Lipinski definition) is 11. The third-order valence-electron chi connectivity index (χ3n) is 4.45. The maximum atomic E-state index is 11.7. The lowest BCUT2D eigenvalue weighted by Crippen LogP contribution is -2.08. The number of rotatable bonds is 8. The molecule has 1 unspecified atom stereocenters. The number of hydrogen-bond donors (Lipinski definition) is 5. The zero-order chi connectivity index (χ0) is 25.9. The number of anilines is 1. The van der Waals surface area contributed by atoms with E-state index in [9.17, 15) is 31.6 Å². The van der Waals surface area contributed by atoms with E-state index in [0.29, 0.717) is 17.6 Å². The molecule has 0 fully saturated rings. The second-order valence-corrected chi connectivity index (χ2v) is 10.0. The number of benzene rings is 3. The van der Waals surface area contributed by atoms with Crippen LogP contribution in [-0.4, -0.2) is 38.0 Å². The maximum Gasteiger partial charge on any atom is 0.294 e. The van der Waals surface area contributed by atoms with Gasteiger partial charge in [-0.2, -0.15) is 8.42 Å². The summed E-state index contributed by atoms with van der Waals surface area (Å²) in [6.45, 7) is 2.87. The minimum Gasteiger partial charge on any atom is -0.505 e. The van der Waals surface area contributed by atoms with Crippen molar-refractivity contribution in [3.63, 3.8) is 0 Å². The van der Waals surface area contributed by atoms with Gasteiger partial charge in [0.1, 0.15) is 11.4 Å². The summed E-state index contributed by atoms with van der Waals surface area (Å²) in [7, 11) is -4.70. The number of aryl methyl sites for hydroxylation is 1. The molecular formula is C19H17N3O10S3. The van der Waals surface area contributed by atoms with E-state index in [4.69, 9.17) is 5.26 Å². The quantitative estimate of drug-likeness (QED) is 0.0668. The van der Waals surface area contributed by atoms with Crippen molar-refractivity contribution in [1.29, 1.82) is 0 Å². The summed E-state index contributed by atoms with van der Waals surface area (Å²) < 4.78 is 58.5. The molecule has 0 spiro atoms. The molecule has 5 N–H and O–H groups in total. The third-order valence-corrected chi connectivity index (χ3v) is 6.62. The minimum absolute atomic E-state index is 0.0180. The van der Waals surface area contributed by atoms with E-state index in [1.54, 1.807) is 13.0 Å². The number of phenols is 1. The van der Waals surface area contributed by atoms with Crippen LogP contribution in [0.5, 0.6) is 5.75 Å². The molecule has 0 saturated heterocycles. The second kappa shape index (κ2) is 10.8. The number of amides is 1. The standard InChI is InChI=1S/C19H17N3O10S3/c1-9-3-4-16(34(26)27)13(5-9)21-22-18-15(33-32-31-25)7-11-6-12(35(28,29)30)8-14(20-10(2)23)17(11)19(18)24/h3-8,24-25H,1-2H3,(H,20,23)(H,26,27)(H,28,29,30). The van der Waals surface area contributed by atoms with E-state index in [1.807, 2.05) is 0 Å². The molecule has 0 saturated carbocycles. The largest absolute Gasteiger partial charge is 0.505 e. The predicted molar refractivity (Wildman–Crippen MR) is 125 cm³/mol. The minimum atomic E-state index is -4.70. The van der Waals surface area contributed by atoms with Crippen LogP contribution < -0.4 is 5.32 Å². The number of carbonyl (C=O) groups is 1. The van der Waals surface area contributed by atoms with Crippen LogP contribution in [0.2, 0.25) is 0 Å². The molecular weight excluding hydrogens is 526 g/mol. The van der Waals surface area contributed by atoms with E-state index < -0.39 is 37.8 Å². The Morgan fingerprint density at radius 1 is 1.17 bits per heavy atom. The topological polar surface area (TPSA) is 204 Å². The van der Waals surface area contributed by atoms with Crippen LogP contribution in [0.1, 0.15) is 12.5 Å². The van der Waals surface area contributed by atoms with Crippen LogP contribution in [0.25, 0.3) is 10.8 Å². The van der Waals surface area contributed by atoms with Gasteiger partial charge in [-0.25, -0.2) is 9.47 Å². The number of aromatic hydroxyl groups is 1. The number of nitrogens with one attached hydrogen (secondary N) is 1. The smallest absolute Gasteiger partial charge is 0.294 e. The molecule has 35 heavy (non-hydrogen) atoms. The van der Waals surface area contributed by atoms with Crippen LogP contribution in [0.15, 0.2) is 61.3 Å². The summed E-state index contributed by atoms with van der Waals surface area (Å²) in [5.41, 5.74) is 0.277. The van der Waals surface area contributed by atoms with Crippen molar-refractivity contribution in [2.24, 2.45) is 10.2 Å². The lowest BCUT2D eigenvalue weighted by atomic mass is 10.1. The van der Waals surface area contributed by atoms with Crippen LogP contribution in [0.3, 0.4) is 0 Å². The summed E-state index contributed by atoms with van der Waals surface area (Å²) >= 11 is -2.03. The van der Waals surface area contributed by atoms with Crippen LogP contribution in [0, 0.1) is 6.92 Å². The molecule has 0 aliphatic carbocycles. The Hall–Kier alpha value is -2.96. The van der Waals surface area contributed by atoms with E-state index >= 15 is 0 Å². The summed E-state index contributed by atoms with van der Waals surface area (Å²) in [6, 6.07) is 7.67. The van der Waals surface area contributed by atoms with Gasteiger partial charge < -0.3 is 15.0 Å². The molecule has 186 valence electrons. The average Bonchev–Trinajstić information content (AvgIpc) is 2.75. The normalized spacial score (nSPS) is 12.8. The molecule has 1 amide bonds. The molecule has 16 heteroatoms. The van der Waals surface area contributed by atoms with Crippen molar-refractivity contribution in [3.8, 4) is 5.75 Å². The van der Waals surface area contributed by atoms with Gasteiger partial charge in [0, 0.05) is 12.3 Å². The summed E-state index contributed by atoms with van der Waals surface area (Å²) in [4.78, 5) is 11.0. The molecule has 3 aromatic rings. The van der Waals surface area contributed by atoms with Gasteiger partial charge in [0.15, 0.2) is 16.8 Å². The Bertz CT molecular complexity index is 1470. The summed E-state index contributed by atoms with van der Waals surface area (Å²) in [5, 5.41) is 33.4. The lowest BCUT2D eigenvalue weighted by Gasteiger charge is -2.14. The van der Waals surface area contributed by atoms with Gasteiger partial charge in [-0.1, -0.05) is 11.1 Å². The highest BCUT2D eigenvalue weighted by atomic mass is 32.2. The zero-order valence-corrected chi connectivity index (χ0v) is 20.3. The molecule has 0 bridgehead atoms. The summed E-state index contributed by atoms with van der Waals surface area (Å²) in [5.74, 6) is -1.20. The Balaban J connectivity index is 2.32. The molecule has 0 heterocycles. The second-order valence-electron chi connectivity index (χ2n) is 6.94. The van der Waals surface area contributed by atoms with E-state index in [-0.39, 0.29) is 37.6 Å². The molecule has 0 radical (unpaired) electrons. The number of azo groups is 1. The fourth-order valence-electron chi connectivity index (χ4n) is 3.07. The first-order chi connectivity index (χ1) is 16.4. The van der Waals surface area contributed by atoms with Crippen LogP contribution >= 0.6 is 12.0 Å². The molecule has 3 rings (SSSR count). The number of carbonyl (C=O) groups excluding carboxylic acids is 1. The van der Waals surface area contributed by atoms with E-state index in [2.05, 4.69) is 24.9 Å². The van der Waals surface area contributed by atoms with Crippen molar-refractivity contribution in [1.82, 2.24) is 0 Å². The predicted octanol–water partition coefficient (Wildman–Crippen LogP) is 4.48. The number of fused-ring (bicyclic) bond motifs is 1. The van der Waals surface area contributed by atoms with E-state index in [1.165, 1.54) is 18.2 Å². The molecule has 3 aromatic carbocycles. The van der Waals surface area contributed by atoms with Crippen molar-refractivity contribution in [3.05, 3.63) is 42.0 Å². The van der Waals surface area contributed by atoms with Crippen LogP contribution in [0.4, 0.5) is 17.1 Å². The first-order valence-electron chi connectivity index (χ1n) is 9.29. The SMILES string of the molecule is CC(=O)Nc1cc(S(=O)(=O)O)cc2cc(SOOO)c(N=Nc3cc(C)ccc3S(=O)O)c(O)c12. The molecule has 13 nitrogen and oxygen atoms in total. The zero-order valence-electron chi connectivity index (χ0n) is 17.8. The molecule has 0 aromatic heterocycles. The monoisotopic (exact) mass is 543 g/mol. The van der Waals surface area contributed by atoms with Gasteiger partial charge in [-0.15, -0.1) is 14.6 Å². The first-order valence-corrected chi connectivity index (χ1v) is 12.6. The highest BCUT2D eigenvalue weighted by Gasteiger charge is 2.22. The van der Waals surface area contributed by atoms with Crippen molar-refractivity contribution in [2.45, 2.75) is 28.5 Å². The molecule has 0 aliphatic rings. The highest BCUT2D eigenvalue weighted by Crippen LogP contribution is 2.47. The third kappa shape index (κ3) is 6.19. The van der Waals surface area contributed by atoms with Crippen molar-refractivity contribution < 1.29 is 46.3 Å². The van der Waals surface area contributed by atoms with Crippen molar-refractivity contribution in [2.75, 3.05) is 5.32 Å². The maximum absolute atomic E-state index is 11.7. The lowest BCUT2D eigenvalue weighted by molar-refractivity contribution is -0.432. The average molecular weight is 544 g/mol. The summed E-state index contributed by atoms with van der Waals surface area (Å²) in [6.07, 6.45) is 0. The number of phenolic OH excluding ortho intramolecular Hbond substituents is 1. The Morgan fingerprint density at radius 2 is 1.89 bits per heavy atom. The van der Waals surface area contributed by atoms with Crippen molar-refractivity contribution >= 4 is 67.0 Å². The van der Waals surface area contributed by atoms with Gasteiger partial charge >= 0.3 is 0 Å². The highest BCUT2D eigenvalue weighted by molar-refractivity contribution is 7.94. The Labute approximate surface area is 204 Å². The van der Waals surface area contributed by atoms with Gasteiger partial charge in [-0.3, -0.25) is 9.35 Å². The van der Waals surface area contributed by atoms with Crippen LogP contribution in [-0.2, 0) is 35.4 Å². The Kier molecular flexibility index (Phi) is 8.18. The first kappa shape index (κ1) is 26.6. The van der Waals surface area contributed by atoms with Gasteiger partial charge in [0.2, 0.25) is 5.91 Å². The fourth-order valence-corrected chi connectivity index (χ4v) is 4.57. The Morgan fingerprint density at radius 3 is 2.49 bits per heavy atom. The van der Waals surface area contributed by atoms with Gasteiger partial charge in [0.05, 0.1) is 32.4 Å². The van der Waals surface area contributed by atoms with Gasteiger partial charge in [0.25, 0.3) is 10.1 Å². The molecule has 0 aliphatic heterocycles. The van der Waals surface area contributed by atoms with E-state index in [0.717, 1.165) is 19.1 Å². The molecule has 1 atom stereocenters.